The second-order valence-corrected chi connectivity index (χ2v) is 7.93. The maximum Gasteiger partial charge on any atom is 0.0991 e. The molecule has 1 aliphatic carbocycles. The highest BCUT2D eigenvalue weighted by molar-refractivity contribution is 5.45. The van der Waals surface area contributed by atoms with Gasteiger partial charge in [0.2, 0.25) is 0 Å². The molecule has 1 aliphatic rings. The predicted octanol–water partition coefficient (Wildman–Crippen LogP) is 6.66. The van der Waals surface area contributed by atoms with Crippen LogP contribution in [0.1, 0.15) is 67.2 Å². The molecule has 0 spiro atoms. The van der Waals surface area contributed by atoms with Gasteiger partial charge in [0.05, 0.1) is 11.6 Å². The number of hydrogen-bond acceptors (Lipinski definition) is 1. The number of hydrogen-bond donors (Lipinski definition) is 0. The number of nitrogens with zero attached hydrogens (tertiary/aromatic N) is 1. The molecule has 0 amide bonds. The van der Waals surface area contributed by atoms with Crippen molar-refractivity contribution in [1.29, 1.82) is 5.26 Å². The molecule has 0 atom stereocenters. The molecule has 1 heteroatoms. The van der Waals surface area contributed by atoms with E-state index >= 15 is 0 Å². The lowest BCUT2D eigenvalue weighted by Crippen LogP contribution is -2.15. The molecular formula is C27H29N. The van der Waals surface area contributed by atoms with Gasteiger partial charge in [-0.15, -0.1) is 6.58 Å². The largest absolute Gasteiger partial charge is 0.192 e. The molecule has 2 aromatic carbocycles. The van der Waals surface area contributed by atoms with E-state index in [1.165, 1.54) is 56.9 Å². The molecule has 0 aliphatic heterocycles. The van der Waals surface area contributed by atoms with Crippen molar-refractivity contribution in [3.05, 3.63) is 83.4 Å². The normalized spacial score (nSPS) is 18.5. The van der Waals surface area contributed by atoms with Crippen LogP contribution in [-0.4, -0.2) is 0 Å². The molecule has 0 radical (unpaired) electrons. The highest BCUT2D eigenvalue weighted by Gasteiger charge is 2.20. The van der Waals surface area contributed by atoms with Crippen molar-refractivity contribution in [3.8, 4) is 17.9 Å². The monoisotopic (exact) mass is 367 g/mol. The van der Waals surface area contributed by atoms with Crippen molar-refractivity contribution in [3.63, 3.8) is 0 Å². The Labute approximate surface area is 170 Å². The molecule has 2 aromatic rings. The van der Waals surface area contributed by atoms with E-state index in [1.54, 1.807) is 12.1 Å². The number of nitriles is 1. The fraction of sp³-hybridized carbons (Fsp3) is 0.370. The second-order valence-electron chi connectivity index (χ2n) is 7.93. The molecule has 0 heterocycles. The van der Waals surface area contributed by atoms with Gasteiger partial charge < -0.3 is 0 Å². The summed E-state index contributed by atoms with van der Waals surface area (Å²) in [4.78, 5) is 0. The lowest BCUT2D eigenvalue weighted by molar-refractivity contribution is 0.254. The van der Waals surface area contributed by atoms with Crippen LogP contribution in [0.5, 0.6) is 0 Å². The van der Waals surface area contributed by atoms with Gasteiger partial charge in [0.25, 0.3) is 0 Å². The van der Waals surface area contributed by atoms with E-state index in [0.29, 0.717) is 5.56 Å². The summed E-state index contributed by atoms with van der Waals surface area (Å²) in [5.41, 5.74) is 4.06. The first-order chi connectivity index (χ1) is 13.8. The van der Waals surface area contributed by atoms with Crippen molar-refractivity contribution in [2.24, 2.45) is 11.8 Å². The fourth-order valence-electron chi connectivity index (χ4n) is 4.06. The van der Waals surface area contributed by atoms with Crippen LogP contribution in [0.15, 0.2) is 61.2 Å². The fourth-order valence-corrected chi connectivity index (χ4v) is 4.06. The second kappa shape index (κ2) is 10.5. The van der Waals surface area contributed by atoms with Gasteiger partial charge in [-0.05, 0) is 79.5 Å². The van der Waals surface area contributed by atoms with Gasteiger partial charge in [-0.3, -0.25) is 0 Å². The number of benzene rings is 2. The van der Waals surface area contributed by atoms with E-state index < -0.39 is 0 Å². The molecule has 0 N–H and O–H groups in total. The summed E-state index contributed by atoms with van der Waals surface area (Å²) in [6, 6.07) is 18.2. The van der Waals surface area contributed by atoms with Gasteiger partial charge in [-0.25, -0.2) is 0 Å². The summed E-state index contributed by atoms with van der Waals surface area (Å²) in [6.07, 6.45) is 12.7. The molecular weight excluding hydrogens is 338 g/mol. The molecule has 1 fully saturated rings. The van der Waals surface area contributed by atoms with Gasteiger partial charge in [-0.1, -0.05) is 55.7 Å². The lowest BCUT2D eigenvalue weighted by atomic mass is 9.78. The van der Waals surface area contributed by atoms with Crippen LogP contribution in [0.25, 0.3) is 0 Å². The van der Waals surface area contributed by atoms with E-state index in [-0.39, 0.29) is 0 Å². The van der Waals surface area contributed by atoms with Crippen molar-refractivity contribution in [2.75, 3.05) is 0 Å². The SMILES string of the molecule is C=CCCC1CCC(CCc2ccc(C#Cc3ccc(C#N)cc3)cc2)CC1. The summed E-state index contributed by atoms with van der Waals surface area (Å²) in [7, 11) is 0. The van der Waals surface area contributed by atoms with Crippen LogP contribution in [0.3, 0.4) is 0 Å². The van der Waals surface area contributed by atoms with Crippen LogP contribution in [0.2, 0.25) is 0 Å². The molecule has 0 bridgehead atoms. The summed E-state index contributed by atoms with van der Waals surface area (Å²) < 4.78 is 0. The molecule has 28 heavy (non-hydrogen) atoms. The third-order valence-electron chi connectivity index (χ3n) is 5.91. The predicted molar refractivity (Wildman–Crippen MR) is 117 cm³/mol. The van der Waals surface area contributed by atoms with Crippen LogP contribution in [-0.2, 0) is 6.42 Å². The lowest BCUT2D eigenvalue weighted by Gasteiger charge is -2.28. The Morgan fingerprint density at radius 2 is 1.29 bits per heavy atom. The highest BCUT2D eigenvalue weighted by atomic mass is 14.3. The highest BCUT2D eigenvalue weighted by Crippen LogP contribution is 2.33. The van der Waals surface area contributed by atoms with E-state index in [2.05, 4.69) is 54.8 Å². The third-order valence-corrected chi connectivity index (χ3v) is 5.91. The summed E-state index contributed by atoms with van der Waals surface area (Å²) in [6.45, 7) is 3.84. The Bertz CT molecular complexity index is 848. The first-order valence-electron chi connectivity index (χ1n) is 10.5. The van der Waals surface area contributed by atoms with E-state index in [0.717, 1.165) is 23.0 Å². The minimum absolute atomic E-state index is 0.667. The van der Waals surface area contributed by atoms with Gasteiger partial charge in [0, 0.05) is 11.1 Å². The molecule has 1 nitrogen and oxygen atoms in total. The Morgan fingerprint density at radius 3 is 1.82 bits per heavy atom. The van der Waals surface area contributed by atoms with E-state index in [4.69, 9.17) is 5.26 Å². The quantitative estimate of drug-likeness (QED) is 0.413. The van der Waals surface area contributed by atoms with Crippen LogP contribution in [0, 0.1) is 35.0 Å². The Hall–Kier alpha value is -2.77. The molecule has 0 saturated heterocycles. The molecule has 0 aromatic heterocycles. The average Bonchev–Trinajstić information content (AvgIpc) is 2.76. The van der Waals surface area contributed by atoms with Crippen molar-refractivity contribution < 1.29 is 0 Å². The van der Waals surface area contributed by atoms with E-state index in [9.17, 15) is 0 Å². The average molecular weight is 368 g/mol. The maximum atomic E-state index is 8.84. The van der Waals surface area contributed by atoms with Crippen molar-refractivity contribution >= 4 is 0 Å². The summed E-state index contributed by atoms with van der Waals surface area (Å²) in [5, 5.41) is 8.84. The standard InChI is InChI=1S/C27H29N/c1-2-3-4-22-5-7-23(8-6-22)9-10-24-11-13-25(14-12-24)15-16-26-17-19-27(21-28)20-18-26/h2,11-14,17-20,22-23H,1,3-10H2. The number of rotatable bonds is 6. The minimum atomic E-state index is 0.667. The zero-order chi connectivity index (χ0) is 19.6. The Balaban J connectivity index is 1.45. The maximum absolute atomic E-state index is 8.84. The molecule has 142 valence electrons. The van der Waals surface area contributed by atoms with Crippen molar-refractivity contribution in [2.45, 2.75) is 51.4 Å². The van der Waals surface area contributed by atoms with Gasteiger partial charge in [0.1, 0.15) is 0 Å². The Kier molecular flexibility index (Phi) is 7.52. The van der Waals surface area contributed by atoms with Gasteiger partial charge >= 0.3 is 0 Å². The molecule has 0 unspecified atom stereocenters. The third kappa shape index (κ3) is 6.14. The van der Waals surface area contributed by atoms with Crippen LogP contribution >= 0.6 is 0 Å². The van der Waals surface area contributed by atoms with Gasteiger partial charge in [0.15, 0.2) is 0 Å². The molecule has 1 saturated carbocycles. The van der Waals surface area contributed by atoms with Crippen LogP contribution < -0.4 is 0 Å². The summed E-state index contributed by atoms with van der Waals surface area (Å²) >= 11 is 0. The topological polar surface area (TPSA) is 23.8 Å². The first kappa shape index (κ1) is 20.0. The number of allylic oxidation sites excluding steroid dienone is 1. The van der Waals surface area contributed by atoms with Crippen molar-refractivity contribution in [1.82, 2.24) is 0 Å². The zero-order valence-corrected chi connectivity index (χ0v) is 16.7. The summed E-state index contributed by atoms with van der Waals surface area (Å²) in [5.74, 6) is 8.21. The first-order valence-corrected chi connectivity index (χ1v) is 10.5. The van der Waals surface area contributed by atoms with Gasteiger partial charge in [-0.2, -0.15) is 5.26 Å². The number of aryl methyl sites for hydroxylation is 1. The zero-order valence-electron chi connectivity index (χ0n) is 16.7. The van der Waals surface area contributed by atoms with Crippen LogP contribution in [0.4, 0.5) is 0 Å². The molecule has 3 rings (SSSR count). The minimum Gasteiger partial charge on any atom is -0.192 e. The Morgan fingerprint density at radius 1 is 0.786 bits per heavy atom. The van der Waals surface area contributed by atoms with E-state index in [1.807, 2.05) is 12.1 Å². The smallest absolute Gasteiger partial charge is 0.0991 e.